The van der Waals surface area contributed by atoms with Crippen LogP contribution in [0.4, 0.5) is 13.2 Å². The van der Waals surface area contributed by atoms with Crippen LogP contribution in [0.1, 0.15) is 5.56 Å². The second kappa shape index (κ2) is 5.02. The number of pyridine rings is 1. The van der Waals surface area contributed by atoms with E-state index in [-0.39, 0.29) is 0 Å². The van der Waals surface area contributed by atoms with Gasteiger partial charge in [0.2, 0.25) is 0 Å². The van der Waals surface area contributed by atoms with Gasteiger partial charge in [0.1, 0.15) is 0 Å². The van der Waals surface area contributed by atoms with Crippen LogP contribution >= 0.6 is 11.8 Å². The highest BCUT2D eigenvalue weighted by Crippen LogP contribution is 2.31. The first kappa shape index (κ1) is 13.0. The van der Waals surface area contributed by atoms with E-state index in [9.17, 15) is 13.2 Å². The molecule has 1 aromatic carbocycles. The molecule has 0 bridgehead atoms. The second-order valence-corrected chi connectivity index (χ2v) is 4.40. The molecular formula is C13H9F3NS. The number of halogens is 3. The highest BCUT2D eigenvalue weighted by molar-refractivity contribution is 7.98. The minimum absolute atomic E-state index is 0.393. The van der Waals surface area contributed by atoms with E-state index in [1.807, 2.05) is 6.26 Å². The Kier molecular flexibility index (Phi) is 3.61. The highest BCUT2D eigenvalue weighted by Gasteiger charge is 2.30. The maximum Gasteiger partial charge on any atom is 0.416 e. The van der Waals surface area contributed by atoms with Crippen molar-refractivity contribution in [1.29, 1.82) is 0 Å². The van der Waals surface area contributed by atoms with E-state index in [1.165, 1.54) is 17.8 Å². The minimum atomic E-state index is -4.34. The van der Waals surface area contributed by atoms with Crippen LogP contribution in [0, 0.1) is 6.07 Å². The van der Waals surface area contributed by atoms with E-state index in [2.05, 4.69) is 11.1 Å². The second-order valence-electron chi connectivity index (χ2n) is 3.58. The van der Waals surface area contributed by atoms with E-state index in [0.717, 1.165) is 17.2 Å². The molecule has 2 rings (SSSR count). The van der Waals surface area contributed by atoms with Gasteiger partial charge in [-0.25, -0.2) is 4.98 Å². The summed E-state index contributed by atoms with van der Waals surface area (Å²) in [7, 11) is 0. The van der Waals surface area contributed by atoms with Crippen LogP contribution in [0.2, 0.25) is 0 Å². The van der Waals surface area contributed by atoms with E-state index in [1.54, 1.807) is 18.3 Å². The maximum absolute atomic E-state index is 12.6. The Morgan fingerprint density at radius 1 is 1.22 bits per heavy atom. The zero-order valence-corrected chi connectivity index (χ0v) is 10.3. The zero-order valence-electron chi connectivity index (χ0n) is 9.45. The Hall–Kier alpha value is -1.49. The lowest BCUT2D eigenvalue weighted by molar-refractivity contribution is -0.137. The quantitative estimate of drug-likeness (QED) is 0.754. The molecule has 5 heteroatoms. The molecular weight excluding hydrogens is 259 g/mol. The number of nitrogens with zero attached hydrogens (tertiary/aromatic N) is 1. The molecule has 0 amide bonds. The van der Waals surface area contributed by atoms with E-state index < -0.39 is 11.7 Å². The molecule has 2 aromatic rings. The molecule has 1 nitrogen and oxygen atoms in total. The van der Waals surface area contributed by atoms with Crippen LogP contribution < -0.4 is 0 Å². The van der Waals surface area contributed by atoms with Gasteiger partial charge < -0.3 is 0 Å². The number of benzene rings is 1. The van der Waals surface area contributed by atoms with E-state index in [4.69, 9.17) is 0 Å². The van der Waals surface area contributed by atoms with E-state index >= 15 is 0 Å². The summed E-state index contributed by atoms with van der Waals surface area (Å²) in [4.78, 5) is 4.13. The van der Waals surface area contributed by atoms with Gasteiger partial charge in [-0.1, -0.05) is 12.1 Å². The van der Waals surface area contributed by atoms with Crippen LogP contribution in [0.25, 0.3) is 11.1 Å². The molecule has 0 saturated heterocycles. The zero-order chi connectivity index (χ0) is 13.2. The van der Waals surface area contributed by atoms with Crippen molar-refractivity contribution >= 4 is 11.8 Å². The lowest BCUT2D eigenvalue weighted by Gasteiger charge is -2.08. The summed E-state index contributed by atoms with van der Waals surface area (Å²) in [6.45, 7) is 0. The van der Waals surface area contributed by atoms with Crippen molar-refractivity contribution in [3.8, 4) is 11.1 Å². The summed E-state index contributed by atoms with van der Waals surface area (Å²) in [6.07, 6.45) is -0.896. The maximum atomic E-state index is 12.6. The van der Waals surface area contributed by atoms with Gasteiger partial charge in [-0.05, 0) is 36.1 Å². The summed E-state index contributed by atoms with van der Waals surface area (Å²) < 4.78 is 37.7. The smallest absolute Gasteiger partial charge is 0.249 e. The third kappa shape index (κ3) is 2.85. The average Bonchev–Trinajstić information content (AvgIpc) is 2.38. The number of alkyl halides is 3. The summed E-state index contributed by atoms with van der Waals surface area (Å²) in [6, 6.07) is 9.67. The van der Waals surface area contributed by atoms with Crippen molar-refractivity contribution in [3.05, 3.63) is 48.2 Å². The fourth-order valence-corrected chi connectivity index (χ4v) is 1.83. The topological polar surface area (TPSA) is 12.9 Å². The first-order valence-corrected chi connectivity index (χ1v) is 6.32. The van der Waals surface area contributed by atoms with Gasteiger partial charge in [-0.2, -0.15) is 13.2 Å². The van der Waals surface area contributed by atoms with Gasteiger partial charge in [0.15, 0.2) is 0 Å². The first-order valence-electron chi connectivity index (χ1n) is 5.10. The van der Waals surface area contributed by atoms with Crippen molar-refractivity contribution in [2.24, 2.45) is 0 Å². The van der Waals surface area contributed by atoms with Gasteiger partial charge in [0, 0.05) is 11.8 Å². The third-order valence-electron chi connectivity index (χ3n) is 2.39. The molecule has 93 valence electrons. The molecule has 0 saturated carbocycles. The van der Waals surface area contributed by atoms with Crippen LogP contribution in [0.15, 0.2) is 41.6 Å². The third-order valence-corrected chi connectivity index (χ3v) is 3.05. The molecule has 0 unspecified atom stereocenters. The predicted molar refractivity (Wildman–Crippen MR) is 65.3 cm³/mol. The molecule has 0 atom stereocenters. The van der Waals surface area contributed by atoms with Gasteiger partial charge in [-0.15, -0.1) is 11.8 Å². The Morgan fingerprint density at radius 3 is 2.56 bits per heavy atom. The van der Waals surface area contributed by atoms with E-state index in [0.29, 0.717) is 11.1 Å². The molecule has 0 fully saturated rings. The predicted octanol–water partition coefficient (Wildman–Crippen LogP) is 4.29. The Labute approximate surface area is 107 Å². The molecule has 1 radical (unpaired) electrons. The Bertz CT molecular complexity index is 535. The highest BCUT2D eigenvalue weighted by atomic mass is 32.2. The fraction of sp³-hybridized carbons (Fsp3) is 0.154. The van der Waals surface area contributed by atoms with Crippen molar-refractivity contribution in [1.82, 2.24) is 4.98 Å². The first-order chi connectivity index (χ1) is 8.50. The number of hydrogen-bond donors (Lipinski definition) is 0. The number of thioether (sulfide) groups is 1. The Morgan fingerprint density at radius 2 is 2.00 bits per heavy atom. The van der Waals surface area contributed by atoms with Gasteiger partial charge >= 0.3 is 6.18 Å². The molecule has 0 aliphatic rings. The lowest BCUT2D eigenvalue weighted by Crippen LogP contribution is -2.04. The van der Waals surface area contributed by atoms with Crippen LogP contribution in [-0.4, -0.2) is 11.2 Å². The van der Waals surface area contributed by atoms with Crippen LogP contribution in [-0.2, 0) is 6.18 Å². The van der Waals surface area contributed by atoms with Crippen molar-refractivity contribution in [2.45, 2.75) is 11.2 Å². The van der Waals surface area contributed by atoms with Crippen molar-refractivity contribution in [3.63, 3.8) is 0 Å². The van der Waals surface area contributed by atoms with Gasteiger partial charge in [0.05, 0.1) is 10.6 Å². The molecule has 0 N–H and O–H groups in total. The molecule has 0 aliphatic heterocycles. The van der Waals surface area contributed by atoms with Crippen LogP contribution in [0.3, 0.4) is 0 Å². The summed E-state index contributed by atoms with van der Waals surface area (Å²) in [5, 5.41) is 0.825. The summed E-state index contributed by atoms with van der Waals surface area (Å²) >= 11 is 1.48. The standard InChI is InChI=1S/C13H9F3NS/c1-18-12-6-5-10(8-17-12)9-3-2-4-11(7-9)13(14,15)16/h2,4-8H,1H3. The normalized spacial score (nSPS) is 11.6. The fourth-order valence-electron chi connectivity index (χ4n) is 1.47. The largest absolute Gasteiger partial charge is 0.416 e. The molecule has 0 spiro atoms. The average molecular weight is 268 g/mol. The molecule has 1 heterocycles. The van der Waals surface area contributed by atoms with Gasteiger partial charge in [-0.3, -0.25) is 0 Å². The lowest BCUT2D eigenvalue weighted by atomic mass is 10.0. The van der Waals surface area contributed by atoms with Crippen molar-refractivity contribution in [2.75, 3.05) is 6.26 Å². The minimum Gasteiger partial charge on any atom is -0.249 e. The molecule has 0 aliphatic carbocycles. The monoisotopic (exact) mass is 268 g/mol. The molecule has 1 aromatic heterocycles. The van der Waals surface area contributed by atoms with Crippen LogP contribution in [0.5, 0.6) is 0 Å². The number of rotatable bonds is 2. The summed E-state index contributed by atoms with van der Waals surface area (Å²) in [5.41, 5.74) is 0.342. The SMILES string of the molecule is CSc1ccc(-c2[c]ccc(C(F)(F)F)c2)cn1. The Balaban J connectivity index is 2.38. The van der Waals surface area contributed by atoms with Gasteiger partial charge in [0.25, 0.3) is 0 Å². The summed E-state index contributed by atoms with van der Waals surface area (Å²) in [5.74, 6) is 0. The molecule has 18 heavy (non-hydrogen) atoms. The van der Waals surface area contributed by atoms with Crippen molar-refractivity contribution < 1.29 is 13.2 Å². The number of aromatic nitrogens is 1. The number of hydrogen-bond acceptors (Lipinski definition) is 2.